The van der Waals surface area contributed by atoms with Crippen LogP contribution in [0.3, 0.4) is 0 Å². The molecule has 2 aliphatic rings. The first-order valence-electron chi connectivity index (χ1n) is 14.7. The van der Waals surface area contributed by atoms with Gasteiger partial charge in [0.25, 0.3) is 5.91 Å². The number of rotatable bonds is 8. The Kier molecular flexibility index (Phi) is 7.52. The molecule has 2 N–H and O–H groups in total. The molecule has 2 bridgehead atoms. The Morgan fingerprint density at radius 2 is 1.72 bits per heavy atom. The number of aliphatic hydroxyl groups is 1. The van der Waals surface area contributed by atoms with E-state index in [1.807, 2.05) is 85.2 Å². The zero-order valence-electron chi connectivity index (χ0n) is 24.6. The lowest BCUT2D eigenvalue weighted by atomic mass is 9.76. The highest BCUT2D eigenvalue weighted by Gasteiger charge is 2.50. The summed E-state index contributed by atoms with van der Waals surface area (Å²) in [6.45, 7) is 6.46. The molecule has 2 aromatic carbocycles. The highest BCUT2D eigenvalue weighted by Crippen LogP contribution is 2.38. The van der Waals surface area contributed by atoms with Gasteiger partial charge in [-0.05, 0) is 36.1 Å². The molecule has 0 saturated carbocycles. The van der Waals surface area contributed by atoms with Crippen LogP contribution in [0.15, 0.2) is 72.9 Å². The van der Waals surface area contributed by atoms with Gasteiger partial charge in [0, 0.05) is 47.7 Å². The third-order valence-electron chi connectivity index (χ3n) is 8.75. The summed E-state index contributed by atoms with van der Waals surface area (Å²) in [7, 11) is 0. The van der Waals surface area contributed by atoms with Crippen molar-refractivity contribution in [2.45, 2.75) is 45.7 Å². The normalized spacial score (nSPS) is 18.7. The maximum Gasteiger partial charge on any atom is 0.272 e. The molecule has 6 rings (SSSR count). The van der Waals surface area contributed by atoms with E-state index in [1.54, 1.807) is 18.3 Å². The highest BCUT2D eigenvalue weighted by molar-refractivity contribution is 6.01. The third-order valence-corrected chi connectivity index (χ3v) is 8.75. The van der Waals surface area contributed by atoms with Gasteiger partial charge in [-0.15, -0.1) is 0 Å². The first-order chi connectivity index (χ1) is 20.6. The van der Waals surface area contributed by atoms with Gasteiger partial charge in [-0.3, -0.25) is 19.4 Å². The molecule has 2 amide bonds. The fraction of sp³-hybridized carbons (Fsp3) is 0.353. The summed E-state index contributed by atoms with van der Waals surface area (Å²) in [6.07, 6.45) is 2.47. The lowest BCUT2D eigenvalue weighted by Crippen LogP contribution is -2.53. The number of ketones is 1. The molecule has 0 spiro atoms. The van der Waals surface area contributed by atoms with E-state index in [2.05, 4.69) is 9.97 Å². The average molecular weight is 581 g/mol. The Labute approximate surface area is 250 Å². The minimum Gasteiger partial charge on any atom is -0.467 e. The van der Waals surface area contributed by atoms with E-state index < -0.39 is 18.1 Å². The molecule has 43 heavy (non-hydrogen) atoms. The average Bonchev–Trinajstić information content (AvgIpc) is 3.74. The van der Waals surface area contributed by atoms with Crippen molar-refractivity contribution < 1.29 is 24.2 Å². The SMILES string of the molecule is CC(C)(C)[C@H](CC(=O)c1cc2ccccc2[nH]1)C(=O)N1C[C@@H]2C[C@H]1CN2C(=O)c1ccc(-c2ccccc2OCO)cn1. The van der Waals surface area contributed by atoms with Crippen LogP contribution in [-0.2, 0) is 4.79 Å². The summed E-state index contributed by atoms with van der Waals surface area (Å²) < 4.78 is 5.31. The number of nitrogens with zero attached hydrogens (tertiary/aromatic N) is 3. The predicted molar refractivity (Wildman–Crippen MR) is 163 cm³/mol. The summed E-state index contributed by atoms with van der Waals surface area (Å²) in [6, 6.07) is 20.3. The Hall–Kier alpha value is -4.50. The van der Waals surface area contributed by atoms with Crippen molar-refractivity contribution in [3.63, 3.8) is 0 Å². The van der Waals surface area contributed by atoms with E-state index in [-0.39, 0.29) is 36.1 Å². The summed E-state index contributed by atoms with van der Waals surface area (Å²) >= 11 is 0. The molecule has 4 heterocycles. The number of hydrogen-bond acceptors (Lipinski definition) is 6. The van der Waals surface area contributed by atoms with Crippen molar-refractivity contribution in [1.82, 2.24) is 19.8 Å². The zero-order chi connectivity index (χ0) is 30.3. The van der Waals surface area contributed by atoms with Gasteiger partial charge in [-0.25, -0.2) is 0 Å². The number of aromatic amines is 1. The zero-order valence-corrected chi connectivity index (χ0v) is 24.6. The van der Waals surface area contributed by atoms with Gasteiger partial charge >= 0.3 is 0 Å². The van der Waals surface area contributed by atoms with Crippen LogP contribution < -0.4 is 4.74 Å². The Morgan fingerprint density at radius 1 is 1.00 bits per heavy atom. The number of fused-ring (bicyclic) bond motifs is 3. The summed E-state index contributed by atoms with van der Waals surface area (Å²) in [5.74, 6) is -0.216. The maximum atomic E-state index is 13.9. The number of nitrogens with one attached hydrogen (secondary N) is 1. The Bertz CT molecular complexity index is 1640. The lowest BCUT2D eigenvalue weighted by Gasteiger charge is -2.39. The van der Waals surface area contributed by atoms with E-state index in [0.717, 1.165) is 22.0 Å². The van der Waals surface area contributed by atoms with E-state index in [1.165, 1.54) is 0 Å². The largest absolute Gasteiger partial charge is 0.467 e. The van der Waals surface area contributed by atoms with Crippen LogP contribution in [-0.4, -0.2) is 74.4 Å². The molecule has 9 nitrogen and oxygen atoms in total. The maximum absolute atomic E-state index is 13.9. The fourth-order valence-corrected chi connectivity index (χ4v) is 6.40. The van der Waals surface area contributed by atoms with Crippen molar-refractivity contribution in [2.24, 2.45) is 11.3 Å². The monoisotopic (exact) mass is 580 g/mol. The number of aromatic nitrogens is 2. The van der Waals surface area contributed by atoms with Crippen LogP contribution >= 0.6 is 0 Å². The molecule has 0 radical (unpaired) electrons. The second-order valence-corrected chi connectivity index (χ2v) is 12.5. The number of carbonyl (C=O) groups excluding carboxylic acids is 3. The van der Waals surface area contributed by atoms with Crippen molar-refractivity contribution in [3.05, 3.63) is 84.3 Å². The minimum atomic E-state index is -0.484. The van der Waals surface area contributed by atoms with Gasteiger partial charge in [-0.1, -0.05) is 63.2 Å². The van der Waals surface area contributed by atoms with Gasteiger partial charge < -0.3 is 24.6 Å². The Morgan fingerprint density at radius 3 is 2.40 bits per heavy atom. The smallest absolute Gasteiger partial charge is 0.272 e. The first kappa shape index (κ1) is 28.6. The van der Waals surface area contributed by atoms with Crippen molar-refractivity contribution in [1.29, 1.82) is 0 Å². The molecular weight excluding hydrogens is 544 g/mol. The number of piperazine rings is 1. The fourth-order valence-electron chi connectivity index (χ4n) is 6.40. The summed E-state index contributed by atoms with van der Waals surface area (Å²) in [4.78, 5) is 52.1. The number of H-pyrrole nitrogens is 1. The molecule has 2 aliphatic heterocycles. The van der Waals surface area contributed by atoms with Gasteiger partial charge in [0.05, 0.1) is 23.7 Å². The van der Waals surface area contributed by atoms with E-state index in [0.29, 0.717) is 36.6 Å². The molecule has 2 aromatic heterocycles. The molecule has 0 aliphatic carbocycles. The van der Waals surface area contributed by atoms with Crippen LogP contribution in [0.1, 0.15) is 54.6 Å². The Balaban J connectivity index is 1.13. The summed E-state index contributed by atoms with van der Waals surface area (Å²) in [5.41, 5.74) is 2.89. The number of para-hydroxylation sites is 2. The van der Waals surface area contributed by atoms with E-state index >= 15 is 0 Å². The minimum absolute atomic E-state index is 0.0252. The number of likely N-dealkylation sites (tertiary alicyclic amines) is 2. The number of hydrogen-bond donors (Lipinski definition) is 2. The number of aliphatic hydroxyl groups excluding tert-OH is 1. The van der Waals surface area contributed by atoms with Gasteiger partial charge in [0.1, 0.15) is 11.4 Å². The van der Waals surface area contributed by atoms with Gasteiger partial charge in [0.2, 0.25) is 5.91 Å². The number of benzene rings is 2. The number of pyridine rings is 1. The lowest BCUT2D eigenvalue weighted by molar-refractivity contribution is -0.141. The van der Waals surface area contributed by atoms with Crippen molar-refractivity contribution in [3.8, 4) is 16.9 Å². The molecule has 3 atom stereocenters. The van der Waals surface area contributed by atoms with Crippen LogP contribution in [0.2, 0.25) is 0 Å². The quantitative estimate of drug-likeness (QED) is 0.226. The van der Waals surface area contributed by atoms with Gasteiger partial charge in [-0.2, -0.15) is 0 Å². The summed E-state index contributed by atoms with van der Waals surface area (Å²) in [5, 5.41) is 10.2. The second kappa shape index (κ2) is 11.3. The third kappa shape index (κ3) is 5.52. The predicted octanol–water partition coefficient (Wildman–Crippen LogP) is 4.92. The molecule has 4 aromatic rings. The van der Waals surface area contributed by atoms with Crippen molar-refractivity contribution in [2.75, 3.05) is 19.9 Å². The van der Waals surface area contributed by atoms with E-state index in [4.69, 9.17) is 4.74 Å². The van der Waals surface area contributed by atoms with Crippen LogP contribution in [0.4, 0.5) is 0 Å². The molecule has 2 saturated heterocycles. The molecule has 0 unspecified atom stereocenters. The molecule has 9 heteroatoms. The number of carbonyl (C=O) groups is 3. The number of Topliss-reactive ketones (excluding diaryl/α,β-unsaturated/α-hetero) is 1. The second-order valence-electron chi connectivity index (χ2n) is 12.5. The van der Waals surface area contributed by atoms with Crippen LogP contribution in [0.5, 0.6) is 5.75 Å². The van der Waals surface area contributed by atoms with Crippen LogP contribution in [0.25, 0.3) is 22.0 Å². The number of ether oxygens (including phenoxy) is 1. The van der Waals surface area contributed by atoms with E-state index in [9.17, 15) is 19.5 Å². The molecule has 222 valence electrons. The van der Waals surface area contributed by atoms with Crippen molar-refractivity contribution >= 4 is 28.5 Å². The van der Waals surface area contributed by atoms with Gasteiger partial charge in [0.15, 0.2) is 12.6 Å². The number of amides is 2. The topological polar surface area (TPSA) is 116 Å². The standard InChI is InChI=1S/C34H36N4O5/c1-34(2,3)26(16-30(40)29-14-21-8-4-6-10-27(21)36-29)32(41)37-18-24-15-23(37)19-38(24)33(42)28-13-12-22(17-35-28)25-9-5-7-11-31(25)43-20-39/h4-14,17,23-24,26,36,39H,15-16,18-20H2,1-3H3/t23-,24-,26+/m0/s1. The molecule has 2 fully saturated rings. The highest BCUT2D eigenvalue weighted by atomic mass is 16.6. The molecular formula is C34H36N4O5. The first-order valence-corrected chi connectivity index (χ1v) is 14.7. The van der Waals surface area contributed by atoms with Crippen LogP contribution in [0, 0.1) is 11.3 Å².